The van der Waals surface area contributed by atoms with E-state index in [1.807, 2.05) is 60.0 Å². The maximum atomic E-state index is 12.6. The number of carbonyl (C=O) groups excluding carboxylic acids is 2. The zero-order valence-electron chi connectivity index (χ0n) is 15.9. The summed E-state index contributed by atoms with van der Waals surface area (Å²) < 4.78 is 4.76. The van der Waals surface area contributed by atoms with Crippen molar-refractivity contribution in [3.05, 3.63) is 86.8 Å². The Balaban J connectivity index is 1.62. The second-order valence-corrected chi connectivity index (χ2v) is 7.91. The highest BCUT2D eigenvalue weighted by atomic mass is 35.5. The molecule has 5 nitrogen and oxygen atoms in total. The van der Waals surface area contributed by atoms with Crippen LogP contribution in [0.1, 0.15) is 34.3 Å². The van der Waals surface area contributed by atoms with Crippen LogP contribution in [0.2, 0.25) is 5.02 Å². The molecule has 0 aliphatic heterocycles. The number of halogens is 1. The van der Waals surface area contributed by atoms with E-state index in [1.165, 1.54) is 18.4 Å². The van der Waals surface area contributed by atoms with Crippen molar-refractivity contribution in [3.63, 3.8) is 0 Å². The predicted molar refractivity (Wildman–Crippen MR) is 114 cm³/mol. The van der Waals surface area contributed by atoms with Crippen LogP contribution in [-0.2, 0) is 27.2 Å². The Morgan fingerprint density at radius 1 is 1.17 bits per heavy atom. The molecule has 150 valence electrons. The summed E-state index contributed by atoms with van der Waals surface area (Å²) in [6.45, 7) is 0. The van der Waals surface area contributed by atoms with Gasteiger partial charge in [-0.15, -0.1) is 11.3 Å². The van der Waals surface area contributed by atoms with Crippen LogP contribution >= 0.6 is 22.9 Å². The minimum Gasteiger partial charge on any atom is -0.469 e. The lowest BCUT2D eigenvalue weighted by Crippen LogP contribution is -2.31. The zero-order valence-corrected chi connectivity index (χ0v) is 17.5. The predicted octanol–water partition coefficient (Wildman–Crippen LogP) is 4.35. The number of thiazole rings is 1. The molecule has 1 N–H and O–H groups in total. The van der Waals surface area contributed by atoms with Gasteiger partial charge in [-0.2, -0.15) is 0 Å². The zero-order chi connectivity index (χ0) is 20.6. The first kappa shape index (κ1) is 21.0. The molecule has 3 aromatic rings. The number of amides is 1. The molecule has 0 fully saturated rings. The summed E-state index contributed by atoms with van der Waals surface area (Å²) >= 11 is 7.54. The molecule has 1 aromatic heterocycles. The number of methoxy groups -OCH3 is 1. The van der Waals surface area contributed by atoms with Gasteiger partial charge < -0.3 is 10.1 Å². The third-order valence-electron chi connectivity index (χ3n) is 4.32. The smallest absolute Gasteiger partial charge is 0.307 e. The number of aromatic nitrogens is 1. The van der Waals surface area contributed by atoms with Gasteiger partial charge in [-0.3, -0.25) is 9.59 Å². The van der Waals surface area contributed by atoms with Crippen molar-refractivity contribution in [1.29, 1.82) is 0 Å². The molecule has 3 rings (SSSR count). The van der Waals surface area contributed by atoms with Crippen LogP contribution in [0.25, 0.3) is 0 Å². The second-order valence-electron chi connectivity index (χ2n) is 6.53. The topological polar surface area (TPSA) is 68.3 Å². The Morgan fingerprint density at radius 2 is 1.97 bits per heavy atom. The third-order valence-corrected chi connectivity index (χ3v) is 5.45. The summed E-state index contributed by atoms with van der Waals surface area (Å²) in [6, 6.07) is 16.6. The molecule has 7 heteroatoms. The molecule has 0 bridgehead atoms. The molecule has 0 aliphatic carbocycles. The Bertz CT molecular complexity index is 975. The van der Waals surface area contributed by atoms with E-state index in [1.54, 1.807) is 0 Å². The number of hydrogen-bond acceptors (Lipinski definition) is 5. The van der Waals surface area contributed by atoms with Gasteiger partial charge in [0, 0.05) is 16.8 Å². The summed E-state index contributed by atoms with van der Waals surface area (Å²) in [5.74, 6) is -0.570. The van der Waals surface area contributed by atoms with Gasteiger partial charge in [0.15, 0.2) is 0 Å². The molecule has 1 unspecified atom stereocenters. The van der Waals surface area contributed by atoms with Gasteiger partial charge in [0.2, 0.25) is 5.91 Å². The number of ether oxygens (including phenoxy) is 1. The van der Waals surface area contributed by atoms with Crippen molar-refractivity contribution >= 4 is 34.8 Å². The lowest BCUT2D eigenvalue weighted by atomic mass is 10.0. The molecule has 1 amide bonds. The largest absolute Gasteiger partial charge is 0.469 e. The first-order valence-corrected chi connectivity index (χ1v) is 10.4. The molecule has 0 saturated carbocycles. The summed E-state index contributed by atoms with van der Waals surface area (Å²) in [7, 11) is 1.34. The molecule has 2 aromatic carbocycles. The highest BCUT2D eigenvalue weighted by Gasteiger charge is 2.19. The molecule has 0 saturated heterocycles. The Kier molecular flexibility index (Phi) is 7.38. The maximum absolute atomic E-state index is 12.6. The van der Waals surface area contributed by atoms with Gasteiger partial charge in [-0.1, -0.05) is 54.1 Å². The quantitative estimate of drug-likeness (QED) is 0.541. The first-order valence-electron chi connectivity index (χ1n) is 9.12. The number of hydrogen-bond donors (Lipinski definition) is 1. The minimum absolute atomic E-state index is 0.0728. The highest BCUT2D eigenvalue weighted by molar-refractivity contribution is 7.09. The number of carbonyl (C=O) groups is 2. The molecule has 0 aliphatic rings. The van der Waals surface area contributed by atoms with Gasteiger partial charge >= 0.3 is 5.97 Å². The van der Waals surface area contributed by atoms with E-state index in [9.17, 15) is 9.59 Å². The average molecular weight is 429 g/mol. The van der Waals surface area contributed by atoms with Crippen LogP contribution < -0.4 is 5.32 Å². The summed E-state index contributed by atoms with van der Waals surface area (Å²) in [5.41, 5.74) is 2.63. The van der Waals surface area contributed by atoms with Crippen molar-refractivity contribution in [3.8, 4) is 0 Å². The number of esters is 1. The summed E-state index contributed by atoms with van der Waals surface area (Å²) in [5, 5.41) is 6.42. The number of rotatable bonds is 8. The van der Waals surface area contributed by atoms with Crippen LogP contribution in [0.15, 0.2) is 60.0 Å². The van der Waals surface area contributed by atoms with Gasteiger partial charge in [0.05, 0.1) is 36.7 Å². The van der Waals surface area contributed by atoms with E-state index < -0.39 is 6.04 Å². The van der Waals surface area contributed by atoms with Crippen LogP contribution in [0, 0.1) is 0 Å². The fraction of sp³-hybridized carbons (Fsp3) is 0.227. The molecule has 29 heavy (non-hydrogen) atoms. The molecular formula is C22H21ClN2O3S. The van der Waals surface area contributed by atoms with E-state index in [4.69, 9.17) is 16.3 Å². The molecule has 0 radical (unpaired) electrons. The molecule has 1 heterocycles. The van der Waals surface area contributed by atoms with Crippen LogP contribution in [0.3, 0.4) is 0 Å². The van der Waals surface area contributed by atoms with Crippen molar-refractivity contribution in [2.45, 2.75) is 25.3 Å². The number of nitrogens with one attached hydrogen (secondary N) is 1. The van der Waals surface area contributed by atoms with E-state index in [2.05, 4.69) is 10.3 Å². The van der Waals surface area contributed by atoms with Crippen molar-refractivity contribution < 1.29 is 14.3 Å². The van der Waals surface area contributed by atoms with Gasteiger partial charge in [-0.25, -0.2) is 4.98 Å². The minimum atomic E-state index is -0.444. The lowest BCUT2D eigenvalue weighted by molar-refractivity contribution is -0.141. The van der Waals surface area contributed by atoms with Gasteiger partial charge in [0.1, 0.15) is 0 Å². The maximum Gasteiger partial charge on any atom is 0.307 e. The van der Waals surface area contributed by atoms with Crippen molar-refractivity contribution in [2.24, 2.45) is 0 Å². The normalized spacial score (nSPS) is 11.7. The Hall–Kier alpha value is -2.70. The van der Waals surface area contributed by atoms with Gasteiger partial charge in [-0.05, 0) is 23.3 Å². The monoisotopic (exact) mass is 428 g/mol. The first-order chi connectivity index (χ1) is 14.0. The van der Waals surface area contributed by atoms with E-state index in [0.29, 0.717) is 17.1 Å². The number of benzene rings is 2. The van der Waals surface area contributed by atoms with Crippen LogP contribution in [-0.4, -0.2) is 24.0 Å². The fourth-order valence-electron chi connectivity index (χ4n) is 2.93. The van der Waals surface area contributed by atoms with E-state index in [-0.39, 0.29) is 24.7 Å². The summed E-state index contributed by atoms with van der Waals surface area (Å²) in [4.78, 5) is 28.9. The second kappa shape index (κ2) is 10.2. The molecular weight excluding hydrogens is 408 g/mol. The lowest BCUT2D eigenvalue weighted by Gasteiger charge is -2.18. The Labute approximate surface area is 178 Å². The standard InChI is InChI=1S/C22H21ClN2O3S/c1-28-22(27)13-19(16-7-3-2-4-8-16)25-20(26)12-18-14-29-21(24-18)11-15-6-5-9-17(23)10-15/h2-10,14,19H,11-13H2,1H3,(H,25,26). The summed E-state index contributed by atoms with van der Waals surface area (Å²) in [6.07, 6.45) is 0.891. The van der Waals surface area contributed by atoms with E-state index in [0.717, 1.165) is 16.1 Å². The highest BCUT2D eigenvalue weighted by Crippen LogP contribution is 2.20. The molecule has 1 atom stereocenters. The Morgan fingerprint density at radius 3 is 2.69 bits per heavy atom. The fourth-order valence-corrected chi connectivity index (χ4v) is 3.97. The number of nitrogens with zero attached hydrogens (tertiary/aromatic N) is 1. The van der Waals surface area contributed by atoms with E-state index >= 15 is 0 Å². The molecule has 0 spiro atoms. The van der Waals surface area contributed by atoms with Crippen LogP contribution in [0.5, 0.6) is 0 Å². The van der Waals surface area contributed by atoms with Crippen molar-refractivity contribution in [2.75, 3.05) is 7.11 Å². The SMILES string of the molecule is COC(=O)CC(NC(=O)Cc1csc(Cc2cccc(Cl)c2)n1)c1ccccc1. The van der Waals surface area contributed by atoms with Crippen molar-refractivity contribution in [1.82, 2.24) is 10.3 Å². The van der Waals surface area contributed by atoms with Gasteiger partial charge in [0.25, 0.3) is 0 Å². The third kappa shape index (κ3) is 6.41. The average Bonchev–Trinajstić information content (AvgIpc) is 3.14. The van der Waals surface area contributed by atoms with Crippen LogP contribution in [0.4, 0.5) is 0 Å².